The van der Waals surface area contributed by atoms with Crippen molar-refractivity contribution in [3.8, 4) is 0 Å². The third-order valence-electron chi connectivity index (χ3n) is 6.49. The highest BCUT2D eigenvalue weighted by Crippen LogP contribution is 2.66. The molecular weight excluding hydrogens is 265 g/mol. The lowest BCUT2D eigenvalue weighted by Gasteiger charge is -2.39. The van der Waals surface area contributed by atoms with E-state index in [0.29, 0.717) is 18.1 Å². The van der Waals surface area contributed by atoms with Crippen LogP contribution in [-0.4, -0.2) is 12.7 Å². The van der Waals surface area contributed by atoms with E-state index in [-0.39, 0.29) is 17.3 Å². The van der Waals surface area contributed by atoms with E-state index in [2.05, 4.69) is 20.8 Å². The lowest BCUT2D eigenvalue weighted by molar-refractivity contribution is -0.0510. The van der Waals surface area contributed by atoms with E-state index in [9.17, 15) is 4.39 Å². The highest BCUT2D eigenvalue weighted by molar-refractivity contribution is 5.19. The molecule has 0 amide bonds. The Labute approximate surface area is 126 Å². The molecule has 0 aromatic heterocycles. The molecule has 3 heteroatoms. The quantitative estimate of drug-likeness (QED) is 0.908. The average Bonchev–Trinajstić information content (AvgIpc) is 2.78. The maximum atomic E-state index is 12.9. The van der Waals surface area contributed by atoms with Crippen molar-refractivity contribution in [3.05, 3.63) is 35.6 Å². The molecule has 2 N–H and O–H groups in total. The molecule has 1 aromatic rings. The van der Waals surface area contributed by atoms with Crippen LogP contribution in [0.1, 0.15) is 51.6 Å². The van der Waals surface area contributed by atoms with Gasteiger partial charge >= 0.3 is 0 Å². The van der Waals surface area contributed by atoms with Crippen LogP contribution in [0.4, 0.5) is 4.39 Å². The molecule has 116 valence electrons. The van der Waals surface area contributed by atoms with Crippen molar-refractivity contribution in [1.29, 1.82) is 0 Å². The molecule has 2 fully saturated rings. The molecule has 21 heavy (non-hydrogen) atoms. The molecule has 2 aliphatic rings. The molecule has 2 aliphatic carbocycles. The number of fused-ring (bicyclic) bond motifs is 2. The Balaban J connectivity index is 1.63. The number of rotatable bonds is 4. The van der Waals surface area contributed by atoms with Crippen molar-refractivity contribution in [3.63, 3.8) is 0 Å². The Morgan fingerprint density at radius 3 is 2.48 bits per heavy atom. The number of nitrogens with two attached hydrogens (primary N) is 1. The number of halogens is 1. The van der Waals surface area contributed by atoms with Crippen LogP contribution in [0.2, 0.25) is 0 Å². The SMILES string of the molecule is CC1(C)C2CCC1(C)C(OCC(N)c1ccc(F)cc1)C2. The molecule has 2 nitrogen and oxygen atoms in total. The minimum Gasteiger partial charge on any atom is -0.376 e. The first-order valence-electron chi connectivity index (χ1n) is 7.97. The monoisotopic (exact) mass is 291 g/mol. The first kappa shape index (κ1) is 15.0. The molecule has 0 aliphatic heterocycles. The predicted molar refractivity (Wildman–Crippen MR) is 82.3 cm³/mol. The van der Waals surface area contributed by atoms with Gasteiger partial charge in [-0.3, -0.25) is 0 Å². The second kappa shape index (κ2) is 5.06. The smallest absolute Gasteiger partial charge is 0.123 e. The molecule has 4 unspecified atom stereocenters. The van der Waals surface area contributed by atoms with E-state index in [1.54, 1.807) is 12.1 Å². The fourth-order valence-corrected chi connectivity index (χ4v) is 4.41. The van der Waals surface area contributed by atoms with Crippen molar-refractivity contribution in [2.24, 2.45) is 22.5 Å². The molecule has 2 saturated carbocycles. The zero-order chi connectivity index (χ0) is 15.3. The largest absolute Gasteiger partial charge is 0.376 e. The summed E-state index contributed by atoms with van der Waals surface area (Å²) in [5, 5.41) is 0. The van der Waals surface area contributed by atoms with Gasteiger partial charge in [0.25, 0.3) is 0 Å². The van der Waals surface area contributed by atoms with Crippen LogP contribution in [0.5, 0.6) is 0 Å². The minimum absolute atomic E-state index is 0.184. The number of hydrogen-bond acceptors (Lipinski definition) is 2. The Bertz CT molecular complexity index is 512. The molecule has 0 heterocycles. The van der Waals surface area contributed by atoms with Crippen LogP contribution in [0, 0.1) is 22.6 Å². The van der Waals surface area contributed by atoms with Gasteiger partial charge in [-0.2, -0.15) is 0 Å². The summed E-state index contributed by atoms with van der Waals surface area (Å²) in [7, 11) is 0. The summed E-state index contributed by atoms with van der Waals surface area (Å²) in [5.74, 6) is 0.545. The first-order chi connectivity index (χ1) is 9.84. The van der Waals surface area contributed by atoms with E-state index in [1.165, 1.54) is 25.0 Å². The average molecular weight is 291 g/mol. The van der Waals surface area contributed by atoms with Gasteiger partial charge in [0, 0.05) is 0 Å². The standard InChI is InChI=1S/C18H26FNO/c1-17(2)13-8-9-18(17,3)16(10-13)21-11-15(20)12-4-6-14(19)7-5-12/h4-7,13,15-16H,8-11,20H2,1-3H3. The van der Waals surface area contributed by atoms with Gasteiger partial charge in [-0.05, 0) is 53.7 Å². The molecule has 4 atom stereocenters. The maximum absolute atomic E-state index is 12.9. The van der Waals surface area contributed by atoms with Gasteiger partial charge in [0.05, 0.1) is 18.8 Å². The maximum Gasteiger partial charge on any atom is 0.123 e. The summed E-state index contributed by atoms with van der Waals surface area (Å²) in [4.78, 5) is 0. The van der Waals surface area contributed by atoms with E-state index < -0.39 is 0 Å². The van der Waals surface area contributed by atoms with Gasteiger partial charge < -0.3 is 10.5 Å². The Hall–Kier alpha value is -0.930. The molecule has 3 rings (SSSR count). The van der Waals surface area contributed by atoms with Gasteiger partial charge in [0.2, 0.25) is 0 Å². The first-order valence-corrected chi connectivity index (χ1v) is 7.97. The van der Waals surface area contributed by atoms with Crippen LogP contribution < -0.4 is 5.73 Å². The third kappa shape index (κ3) is 2.31. The van der Waals surface area contributed by atoms with Crippen molar-refractivity contribution in [1.82, 2.24) is 0 Å². The number of hydrogen-bond donors (Lipinski definition) is 1. The van der Waals surface area contributed by atoms with Crippen molar-refractivity contribution in [2.75, 3.05) is 6.61 Å². The molecule has 0 spiro atoms. The second-order valence-electron chi connectivity index (χ2n) is 7.59. The van der Waals surface area contributed by atoms with Gasteiger partial charge in [-0.25, -0.2) is 4.39 Å². The molecule has 0 saturated heterocycles. The highest BCUT2D eigenvalue weighted by Gasteiger charge is 2.61. The summed E-state index contributed by atoms with van der Waals surface area (Å²) >= 11 is 0. The van der Waals surface area contributed by atoms with Gasteiger partial charge in [0.1, 0.15) is 5.82 Å². The van der Waals surface area contributed by atoms with Gasteiger partial charge in [-0.1, -0.05) is 32.9 Å². The van der Waals surface area contributed by atoms with E-state index in [1.807, 2.05) is 0 Å². The summed E-state index contributed by atoms with van der Waals surface area (Å²) < 4.78 is 19.2. The Morgan fingerprint density at radius 1 is 1.29 bits per heavy atom. The Morgan fingerprint density at radius 2 is 1.95 bits per heavy atom. The van der Waals surface area contributed by atoms with Crippen molar-refractivity contribution < 1.29 is 9.13 Å². The molecule has 1 aromatic carbocycles. The van der Waals surface area contributed by atoms with E-state index in [0.717, 1.165) is 17.9 Å². The van der Waals surface area contributed by atoms with Crippen LogP contribution >= 0.6 is 0 Å². The number of ether oxygens (including phenoxy) is 1. The fraction of sp³-hybridized carbons (Fsp3) is 0.667. The van der Waals surface area contributed by atoms with E-state index >= 15 is 0 Å². The normalized spacial score (nSPS) is 35.1. The van der Waals surface area contributed by atoms with Crippen molar-refractivity contribution in [2.45, 2.75) is 52.2 Å². The van der Waals surface area contributed by atoms with Crippen LogP contribution in [-0.2, 0) is 4.74 Å². The third-order valence-corrected chi connectivity index (χ3v) is 6.49. The fourth-order valence-electron chi connectivity index (χ4n) is 4.41. The van der Waals surface area contributed by atoms with Crippen LogP contribution in [0.25, 0.3) is 0 Å². The minimum atomic E-state index is -0.228. The van der Waals surface area contributed by atoms with Gasteiger partial charge in [-0.15, -0.1) is 0 Å². The summed E-state index contributed by atoms with van der Waals surface area (Å²) in [6.45, 7) is 7.64. The van der Waals surface area contributed by atoms with Crippen molar-refractivity contribution >= 4 is 0 Å². The molecular formula is C18H26FNO. The molecule has 2 bridgehead atoms. The lowest BCUT2D eigenvalue weighted by Crippen LogP contribution is -2.38. The zero-order valence-electron chi connectivity index (χ0n) is 13.2. The predicted octanol–water partition coefficient (Wildman–Crippen LogP) is 4.06. The lowest BCUT2D eigenvalue weighted by atomic mass is 9.70. The number of benzene rings is 1. The summed E-state index contributed by atoms with van der Waals surface area (Å²) in [6.07, 6.45) is 4.03. The second-order valence-corrected chi connectivity index (χ2v) is 7.59. The highest BCUT2D eigenvalue weighted by atomic mass is 19.1. The molecule has 0 radical (unpaired) electrons. The summed E-state index contributed by atoms with van der Waals surface area (Å²) in [5.41, 5.74) is 7.74. The Kier molecular flexibility index (Phi) is 3.61. The summed E-state index contributed by atoms with van der Waals surface area (Å²) in [6, 6.07) is 6.22. The topological polar surface area (TPSA) is 35.2 Å². The van der Waals surface area contributed by atoms with Crippen LogP contribution in [0.15, 0.2) is 24.3 Å². The zero-order valence-corrected chi connectivity index (χ0v) is 13.2. The van der Waals surface area contributed by atoms with Crippen LogP contribution in [0.3, 0.4) is 0 Å². The van der Waals surface area contributed by atoms with Gasteiger partial charge in [0.15, 0.2) is 0 Å². The van der Waals surface area contributed by atoms with E-state index in [4.69, 9.17) is 10.5 Å².